The van der Waals surface area contributed by atoms with E-state index >= 15 is 0 Å². The van der Waals surface area contributed by atoms with Crippen LogP contribution in [-0.2, 0) is 20.8 Å². The summed E-state index contributed by atoms with van der Waals surface area (Å²) in [5.41, 5.74) is 1.80. The smallest absolute Gasteiger partial charge is 0.0991 e. The molecule has 0 aliphatic rings. The maximum atomic E-state index is 8.89. The van der Waals surface area contributed by atoms with Gasteiger partial charge in [-0.2, -0.15) is 5.26 Å². The minimum Gasteiger partial charge on any atom is -0.382 e. The molecule has 0 saturated carbocycles. The van der Waals surface area contributed by atoms with Gasteiger partial charge in [-0.3, -0.25) is 0 Å². The van der Waals surface area contributed by atoms with Crippen LogP contribution in [0, 0.1) is 11.3 Å². The van der Waals surface area contributed by atoms with Gasteiger partial charge in [0.05, 0.1) is 44.7 Å². The maximum Gasteiger partial charge on any atom is 0.0991 e. The van der Waals surface area contributed by atoms with Crippen molar-refractivity contribution in [1.29, 1.82) is 5.26 Å². The molecule has 5 heteroatoms. The highest BCUT2D eigenvalue weighted by Gasteiger charge is 2.02. The summed E-state index contributed by atoms with van der Waals surface area (Å²) in [6.07, 6.45) is 2.02. The third kappa shape index (κ3) is 4.57. The first kappa shape index (κ1) is 15.5. The molecule has 5 nitrogen and oxygen atoms in total. The van der Waals surface area contributed by atoms with Gasteiger partial charge in [-0.05, 0) is 24.3 Å². The molecule has 0 atom stereocenters. The van der Waals surface area contributed by atoms with Gasteiger partial charge in [0.1, 0.15) is 0 Å². The number of fused-ring (bicyclic) bond motifs is 1. The summed E-state index contributed by atoms with van der Waals surface area (Å²) in [5.74, 6) is 0. The highest BCUT2D eigenvalue weighted by molar-refractivity contribution is 5.81. The van der Waals surface area contributed by atoms with E-state index < -0.39 is 0 Å². The lowest BCUT2D eigenvalue weighted by Crippen LogP contribution is -2.11. The molecule has 2 aromatic rings. The third-order valence-corrected chi connectivity index (χ3v) is 3.18. The number of hydrogen-bond acceptors (Lipinski definition) is 4. The standard InChI is InChI=1S/C16H20N2O3/c1-19-8-9-21-11-10-20-7-6-18-5-4-15-12-14(13-17)2-3-16(15)18/h2-5,12H,6-11H2,1H3. The first-order valence-corrected chi connectivity index (χ1v) is 6.98. The van der Waals surface area contributed by atoms with Gasteiger partial charge in [0, 0.05) is 30.8 Å². The zero-order valence-corrected chi connectivity index (χ0v) is 12.2. The van der Waals surface area contributed by atoms with Gasteiger partial charge < -0.3 is 18.8 Å². The SMILES string of the molecule is COCCOCCOCCn1ccc2cc(C#N)ccc21. The van der Waals surface area contributed by atoms with Crippen LogP contribution in [0.1, 0.15) is 5.56 Å². The Morgan fingerprint density at radius 2 is 1.81 bits per heavy atom. The summed E-state index contributed by atoms with van der Waals surface area (Å²) in [6, 6.07) is 9.88. The molecule has 112 valence electrons. The second-order valence-corrected chi connectivity index (χ2v) is 4.61. The van der Waals surface area contributed by atoms with E-state index in [1.165, 1.54) is 0 Å². The minimum atomic E-state index is 0.585. The monoisotopic (exact) mass is 288 g/mol. The second-order valence-electron chi connectivity index (χ2n) is 4.61. The van der Waals surface area contributed by atoms with Gasteiger partial charge in [-0.25, -0.2) is 0 Å². The summed E-state index contributed by atoms with van der Waals surface area (Å²) in [7, 11) is 1.65. The Hall–Kier alpha value is -1.87. The Labute approximate surface area is 124 Å². The highest BCUT2D eigenvalue weighted by Crippen LogP contribution is 2.17. The van der Waals surface area contributed by atoms with Crippen LogP contribution < -0.4 is 0 Å². The van der Waals surface area contributed by atoms with Crippen molar-refractivity contribution < 1.29 is 14.2 Å². The van der Waals surface area contributed by atoms with Crippen molar-refractivity contribution in [2.45, 2.75) is 6.54 Å². The lowest BCUT2D eigenvalue weighted by molar-refractivity contribution is 0.0232. The van der Waals surface area contributed by atoms with Crippen molar-refractivity contribution in [3.63, 3.8) is 0 Å². The Balaban J connectivity index is 1.73. The zero-order valence-electron chi connectivity index (χ0n) is 12.2. The second kappa shape index (κ2) is 8.42. The van der Waals surface area contributed by atoms with E-state index in [-0.39, 0.29) is 0 Å². The number of benzene rings is 1. The molecule has 0 radical (unpaired) electrons. The maximum absolute atomic E-state index is 8.89. The fourth-order valence-electron chi connectivity index (χ4n) is 2.09. The molecule has 1 aromatic heterocycles. The zero-order chi connectivity index (χ0) is 14.9. The van der Waals surface area contributed by atoms with Crippen LogP contribution in [0.15, 0.2) is 30.5 Å². The van der Waals surface area contributed by atoms with Gasteiger partial charge in [-0.1, -0.05) is 0 Å². The van der Waals surface area contributed by atoms with Crippen LogP contribution in [0.5, 0.6) is 0 Å². The summed E-state index contributed by atoms with van der Waals surface area (Å²) in [4.78, 5) is 0. The molecule has 0 aliphatic heterocycles. The number of methoxy groups -OCH3 is 1. The number of rotatable bonds is 9. The summed E-state index contributed by atoms with van der Waals surface area (Å²) in [5, 5.41) is 9.97. The molecular weight excluding hydrogens is 268 g/mol. The fraction of sp³-hybridized carbons (Fsp3) is 0.438. The van der Waals surface area contributed by atoms with Crippen LogP contribution in [0.25, 0.3) is 10.9 Å². The number of nitrogens with zero attached hydrogens (tertiary/aromatic N) is 2. The molecule has 1 heterocycles. The van der Waals surface area contributed by atoms with Crippen molar-refractivity contribution >= 4 is 10.9 Å². The van der Waals surface area contributed by atoms with Gasteiger partial charge in [0.2, 0.25) is 0 Å². The van der Waals surface area contributed by atoms with E-state index in [4.69, 9.17) is 19.5 Å². The van der Waals surface area contributed by atoms with E-state index in [0.717, 1.165) is 17.4 Å². The topological polar surface area (TPSA) is 56.4 Å². The average Bonchev–Trinajstić information content (AvgIpc) is 2.92. The summed E-state index contributed by atoms with van der Waals surface area (Å²) >= 11 is 0. The predicted octanol–water partition coefficient (Wildman–Crippen LogP) is 2.19. The van der Waals surface area contributed by atoms with E-state index in [9.17, 15) is 0 Å². The van der Waals surface area contributed by atoms with Crippen molar-refractivity contribution in [2.24, 2.45) is 0 Å². The molecule has 0 spiro atoms. The van der Waals surface area contributed by atoms with Crippen LogP contribution in [-0.4, -0.2) is 44.7 Å². The fourth-order valence-corrected chi connectivity index (χ4v) is 2.09. The van der Waals surface area contributed by atoms with Gasteiger partial charge >= 0.3 is 0 Å². The Morgan fingerprint density at radius 1 is 1.05 bits per heavy atom. The summed E-state index contributed by atoms with van der Waals surface area (Å²) in [6.45, 7) is 3.80. The number of ether oxygens (including phenoxy) is 3. The molecule has 0 fully saturated rings. The van der Waals surface area contributed by atoms with E-state index in [1.807, 2.05) is 30.5 Å². The average molecular weight is 288 g/mol. The van der Waals surface area contributed by atoms with E-state index in [1.54, 1.807) is 7.11 Å². The van der Waals surface area contributed by atoms with Crippen molar-refractivity contribution in [3.8, 4) is 6.07 Å². The molecular formula is C16H20N2O3. The van der Waals surface area contributed by atoms with Gasteiger partial charge in [0.25, 0.3) is 0 Å². The molecule has 0 amide bonds. The molecule has 0 unspecified atom stereocenters. The predicted molar refractivity (Wildman–Crippen MR) is 80.2 cm³/mol. The van der Waals surface area contributed by atoms with Crippen molar-refractivity contribution in [1.82, 2.24) is 4.57 Å². The molecule has 2 rings (SSSR count). The minimum absolute atomic E-state index is 0.585. The van der Waals surface area contributed by atoms with Crippen LogP contribution in [0.4, 0.5) is 0 Å². The Morgan fingerprint density at radius 3 is 2.57 bits per heavy atom. The largest absolute Gasteiger partial charge is 0.382 e. The Bertz CT molecular complexity index is 601. The molecule has 0 aliphatic carbocycles. The van der Waals surface area contributed by atoms with E-state index in [2.05, 4.69) is 10.6 Å². The van der Waals surface area contributed by atoms with E-state index in [0.29, 0.717) is 38.6 Å². The highest BCUT2D eigenvalue weighted by atomic mass is 16.5. The normalized spacial score (nSPS) is 10.9. The van der Waals surface area contributed by atoms with Crippen molar-refractivity contribution in [3.05, 3.63) is 36.0 Å². The van der Waals surface area contributed by atoms with Crippen molar-refractivity contribution in [2.75, 3.05) is 40.1 Å². The Kier molecular flexibility index (Phi) is 6.22. The van der Waals surface area contributed by atoms with Crippen LogP contribution in [0.3, 0.4) is 0 Å². The molecule has 0 N–H and O–H groups in total. The third-order valence-electron chi connectivity index (χ3n) is 3.18. The lowest BCUT2D eigenvalue weighted by atomic mass is 10.2. The quantitative estimate of drug-likeness (QED) is 0.664. The summed E-state index contributed by atoms with van der Waals surface area (Å²) < 4.78 is 17.9. The first-order chi connectivity index (χ1) is 10.3. The molecule has 21 heavy (non-hydrogen) atoms. The number of nitriles is 1. The van der Waals surface area contributed by atoms with Crippen LogP contribution in [0.2, 0.25) is 0 Å². The number of hydrogen-bond donors (Lipinski definition) is 0. The number of aromatic nitrogens is 1. The van der Waals surface area contributed by atoms with Gasteiger partial charge in [-0.15, -0.1) is 0 Å². The van der Waals surface area contributed by atoms with Gasteiger partial charge in [0.15, 0.2) is 0 Å². The van der Waals surface area contributed by atoms with Crippen LogP contribution >= 0.6 is 0 Å². The molecule has 1 aromatic carbocycles. The molecule has 0 saturated heterocycles. The molecule has 0 bridgehead atoms. The lowest BCUT2D eigenvalue weighted by Gasteiger charge is -2.07. The first-order valence-electron chi connectivity index (χ1n) is 6.98.